The smallest absolute Gasteiger partial charge is 0.238 e. The summed E-state index contributed by atoms with van der Waals surface area (Å²) in [6, 6.07) is 8.09. The second kappa shape index (κ2) is 8.81. The first-order valence-electron chi connectivity index (χ1n) is 7.71. The van der Waals surface area contributed by atoms with E-state index in [2.05, 4.69) is 43.5 Å². The highest BCUT2D eigenvalue weighted by Gasteiger charge is 2.23. The van der Waals surface area contributed by atoms with Crippen molar-refractivity contribution in [3.8, 4) is 5.75 Å². The summed E-state index contributed by atoms with van der Waals surface area (Å²) in [5, 5.41) is 6.15. The Morgan fingerprint density at radius 2 is 2.04 bits per heavy atom. The van der Waals surface area contributed by atoms with E-state index in [9.17, 15) is 4.79 Å². The van der Waals surface area contributed by atoms with E-state index in [1.807, 2.05) is 19.1 Å². The molecule has 4 nitrogen and oxygen atoms in total. The lowest BCUT2D eigenvalue weighted by molar-refractivity contribution is -0.123. The Bertz CT molecular complexity index is 496. The zero-order valence-electron chi connectivity index (χ0n) is 14.2. The van der Waals surface area contributed by atoms with Crippen LogP contribution >= 0.6 is 24.2 Å². The summed E-state index contributed by atoms with van der Waals surface area (Å²) in [5.41, 5.74) is 1.43. The predicted octanol–water partition coefficient (Wildman–Crippen LogP) is 2.95. The molecule has 130 valence electrons. The molecule has 1 aliphatic rings. The Kier molecular flexibility index (Phi) is 7.71. The van der Waals surface area contributed by atoms with Gasteiger partial charge in [-0.15, -0.1) is 24.2 Å². The molecule has 0 saturated carbocycles. The van der Waals surface area contributed by atoms with Gasteiger partial charge in [-0.25, -0.2) is 0 Å². The Morgan fingerprint density at radius 3 is 2.57 bits per heavy atom. The number of ether oxygens (including phenoxy) is 1. The van der Waals surface area contributed by atoms with E-state index >= 15 is 0 Å². The lowest BCUT2D eigenvalue weighted by Crippen LogP contribution is -2.47. The molecule has 6 heteroatoms. The van der Waals surface area contributed by atoms with E-state index < -0.39 is 0 Å². The number of hydrogen-bond donors (Lipinski definition) is 2. The summed E-state index contributed by atoms with van der Waals surface area (Å²) < 4.78 is 5.76. The van der Waals surface area contributed by atoms with Crippen LogP contribution in [-0.2, 0) is 10.2 Å². The van der Waals surface area contributed by atoms with E-state index in [0.717, 1.165) is 17.4 Å². The quantitative estimate of drug-likeness (QED) is 0.849. The molecule has 1 amide bonds. The average molecular weight is 359 g/mol. The molecule has 2 unspecified atom stereocenters. The molecule has 2 atom stereocenters. The molecule has 0 radical (unpaired) electrons. The molecule has 2 N–H and O–H groups in total. The van der Waals surface area contributed by atoms with Gasteiger partial charge in [0.2, 0.25) is 5.91 Å². The van der Waals surface area contributed by atoms with Gasteiger partial charge in [0.15, 0.2) is 0 Å². The third-order valence-corrected chi connectivity index (χ3v) is 4.58. The molecule has 2 rings (SSSR count). The van der Waals surface area contributed by atoms with Crippen LogP contribution in [-0.4, -0.2) is 36.2 Å². The number of carbonyl (C=O) groups is 1. The third kappa shape index (κ3) is 6.24. The van der Waals surface area contributed by atoms with E-state index in [4.69, 9.17) is 4.74 Å². The Balaban J connectivity index is 0.00000264. The molecular formula is C17H27ClN2O2S. The van der Waals surface area contributed by atoms with Crippen molar-refractivity contribution in [2.45, 2.75) is 45.2 Å². The second-order valence-electron chi connectivity index (χ2n) is 6.77. The minimum absolute atomic E-state index is 0. The number of nitrogens with one attached hydrogen (secondary N) is 2. The Labute approximate surface area is 149 Å². The Hall–Kier alpha value is -0.910. The van der Waals surface area contributed by atoms with E-state index in [0.29, 0.717) is 6.61 Å². The average Bonchev–Trinajstić information content (AvgIpc) is 2.99. The van der Waals surface area contributed by atoms with Gasteiger partial charge >= 0.3 is 0 Å². The normalized spacial score (nSPS) is 18.9. The predicted molar refractivity (Wildman–Crippen MR) is 99.7 cm³/mol. The standard InChI is InChI=1S/C17H26N2O2S.ClH/c1-12(19-16(20)15-10-22-11-18-15)9-21-14-7-5-13(6-8-14)17(2,3)4;/h5-8,12,15,18H,9-11H2,1-4H3,(H,19,20);1H. The SMILES string of the molecule is CC(COc1ccc(C(C)(C)C)cc1)NC(=O)C1CSCN1.Cl. The van der Waals surface area contributed by atoms with Gasteiger partial charge in [0.25, 0.3) is 0 Å². The number of hydrogen-bond acceptors (Lipinski definition) is 4. The lowest BCUT2D eigenvalue weighted by Gasteiger charge is -2.20. The fourth-order valence-electron chi connectivity index (χ4n) is 2.22. The van der Waals surface area contributed by atoms with Crippen molar-refractivity contribution in [3.63, 3.8) is 0 Å². The molecule has 1 aromatic rings. The van der Waals surface area contributed by atoms with Crippen molar-refractivity contribution in [2.75, 3.05) is 18.2 Å². The molecule has 0 aliphatic carbocycles. The van der Waals surface area contributed by atoms with Gasteiger partial charge in [-0.2, -0.15) is 0 Å². The van der Waals surface area contributed by atoms with E-state index in [-0.39, 0.29) is 35.8 Å². The first kappa shape index (κ1) is 20.1. The number of amides is 1. The molecule has 0 spiro atoms. The van der Waals surface area contributed by atoms with Gasteiger partial charge in [0.1, 0.15) is 12.4 Å². The van der Waals surface area contributed by atoms with Crippen molar-refractivity contribution in [2.24, 2.45) is 0 Å². The molecule has 1 heterocycles. The number of rotatable bonds is 5. The third-order valence-electron chi connectivity index (χ3n) is 3.64. The molecule has 0 aromatic heterocycles. The van der Waals surface area contributed by atoms with Crippen LogP contribution in [0.3, 0.4) is 0 Å². The molecular weight excluding hydrogens is 332 g/mol. The van der Waals surface area contributed by atoms with Gasteiger partial charge in [-0.1, -0.05) is 32.9 Å². The number of thioether (sulfide) groups is 1. The van der Waals surface area contributed by atoms with Gasteiger partial charge in [0.05, 0.1) is 12.1 Å². The van der Waals surface area contributed by atoms with Crippen LogP contribution in [0.1, 0.15) is 33.3 Å². The maximum absolute atomic E-state index is 12.0. The van der Waals surface area contributed by atoms with Crippen LogP contribution in [0, 0.1) is 0 Å². The van der Waals surface area contributed by atoms with Crippen LogP contribution in [0.5, 0.6) is 5.75 Å². The number of benzene rings is 1. The highest BCUT2D eigenvalue weighted by molar-refractivity contribution is 7.99. The number of carbonyl (C=O) groups excluding carboxylic acids is 1. The van der Waals surface area contributed by atoms with Gasteiger partial charge in [-0.05, 0) is 30.0 Å². The van der Waals surface area contributed by atoms with E-state index in [1.165, 1.54) is 5.56 Å². The van der Waals surface area contributed by atoms with Crippen molar-refractivity contribution in [1.82, 2.24) is 10.6 Å². The largest absolute Gasteiger partial charge is 0.491 e. The Morgan fingerprint density at radius 1 is 1.39 bits per heavy atom. The monoisotopic (exact) mass is 358 g/mol. The molecule has 0 bridgehead atoms. The van der Waals surface area contributed by atoms with Crippen molar-refractivity contribution >= 4 is 30.1 Å². The lowest BCUT2D eigenvalue weighted by atomic mass is 9.87. The fourth-order valence-corrected chi connectivity index (χ4v) is 3.16. The first-order chi connectivity index (χ1) is 10.4. The van der Waals surface area contributed by atoms with E-state index in [1.54, 1.807) is 11.8 Å². The highest BCUT2D eigenvalue weighted by atomic mass is 35.5. The zero-order valence-corrected chi connectivity index (χ0v) is 15.9. The van der Waals surface area contributed by atoms with Crippen molar-refractivity contribution < 1.29 is 9.53 Å². The maximum atomic E-state index is 12.0. The van der Waals surface area contributed by atoms with Crippen LogP contribution in [0.25, 0.3) is 0 Å². The van der Waals surface area contributed by atoms with Gasteiger partial charge in [-0.3, -0.25) is 10.1 Å². The maximum Gasteiger partial charge on any atom is 0.238 e. The molecule has 1 aromatic carbocycles. The summed E-state index contributed by atoms with van der Waals surface area (Å²) in [4.78, 5) is 12.0. The van der Waals surface area contributed by atoms with Crippen LogP contribution in [0.2, 0.25) is 0 Å². The van der Waals surface area contributed by atoms with Crippen LogP contribution in [0.4, 0.5) is 0 Å². The first-order valence-corrected chi connectivity index (χ1v) is 8.86. The van der Waals surface area contributed by atoms with Crippen LogP contribution < -0.4 is 15.4 Å². The summed E-state index contributed by atoms with van der Waals surface area (Å²) >= 11 is 1.75. The zero-order chi connectivity index (χ0) is 16.2. The van der Waals surface area contributed by atoms with Crippen molar-refractivity contribution in [3.05, 3.63) is 29.8 Å². The van der Waals surface area contributed by atoms with Crippen molar-refractivity contribution in [1.29, 1.82) is 0 Å². The fraction of sp³-hybridized carbons (Fsp3) is 0.588. The molecule has 1 fully saturated rings. The minimum atomic E-state index is -0.0708. The number of halogens is 1. The summed E-state index contributed by atoms with van der Waals surface area (Å²) in [5.74, 6) is 2.59. The molecule has 1 aliphatic heterocycles. The molecule has 23 heavy (non-hydrogen) atoms. The summed E-state index contributed by atoms with van der Waals surface area (Å²) in [7, 11) is 0. The summed E-state index contributed by atoms with van der Waals surface area (Å²) in [6.07, 6.45) is 0. The molecule has 1 saturated heterocycles. The second-order valence-corrected chi connectivity index (χ2v) is 7.80. The van der Waals surface area contributed by atoms with Gasteiger partial charge in [0, 0.05) is 11.6 Å². The highest BCUT2D eigenvalue weighted by Crippen LogP contribution is 2.24. The minimum Gasteiger partial charge on any atom is -0.491 e. The topological polar surface area (TPSA) is 50.4 Å². The summed E-state index contributed by atoms with van der Waals surface area (Å²) in [6.45, 7) is 9.01. The van der Waals surface area contributed by atoms with Crippen LogP contribution in [0.15, 0.2) is 24.3 Å². The van der Waals surface area contributed by atoms with Gasteiger partial charge < -0.3 is 10.1 Å².